The van der Waals surface area contributed by atoms with Crippen molar-refractivity contribution >= 4 is 11.8 Å². The molecule has 2 aromatic rings. The van der Waals surface area contributed by atoms with Crippen molar-refractivity contribution in [3.05, 3.63) is 59.7 Å². The van der Waals surface area contributed by atoms with E-state index in [4.69, 9.17) is 5.26 Å². The Morgan fingerprint density at radius 2 is 1.50 bits per heavy atom. The van der Waals surface area contributed by atoms with Gasteiger partial charge in [-0.05, 0) is 59.5 Å². The van der Waals surface area contributed by atoms with Crippen LogP contribution in [0.2, 0.25) is 0 Å². The van der Waals surface area contributed by atoms with Gasteiger partial charge >= 0.3 is 0 Å². The molecule has 0 unspecified atom stereocenters. The summed E-state index contributed by atoms with van der Waals surface area (Å²) in [6.45, 7) is 0. The molecule has 0 aliphatic heterocycles. The summed E-state index contributed by atoms with van der Waals surface area (Å²) >= 11 is 1.23. The highest BCUT2D eigenvalue weighted by Crippen LogP contribution is 2.27. The van der Waals surface area contributed by atoms with Gasteiger partial charge in [0.15, 0.2) is 0 Å². The summed E-state index contributed by atoms with van der Waals surface area (Å²) in [5, 5.41) is 29.5. The molecule has 2 rings (SSSR count). The van der Waals surface area contributed by atoms with E-state index >= 15 is 0 Å². The van der Waals surface area contributed by atoms with Gasteiger partial charge in [-0.1, -0.05) is 24.3 Å². The van der Waals surface area contributed by atoms with Crippen LogP contribution in [-0.2, 0) is 6.42 Å². The highest BCUT2D eigenvalue weighted by molar-refractivity contribution is 8.03. The molecule has 0 bridgehead atoms. The van der Waals surface area contributed by atoms with Crippen LogP contribution in [0.3, 0.4) is 0 Å². The minimum Gasteiger partial charge on any atom is -0.508 e. The van der Waals surface area contributed by atoms with Gasteiger partial charge in [-0.3, -0.25) is 0 Å². The van der Waals surface area contributed by atoms with Crippen molar-refractivity contribution < 1.29 is 10.2 Å². The van der Waals surface area contributed by atoms with Gasteiger partial charge in [0.25, 0.3) is 0 Å². The number of nitrogens with zero attached hydrogens (tertiary/aromatic N) is 1. The van der Waals surface area contributed by atoms with Crippen molar-refractivity contribution in [1.29, 1.82) is 5.26 Å². The van der Waals surface area contributed by atoms with Crippen LogP contribution in [0.25, 0.3) is 0 Å². The van der Waals surface area contributed by atoms with Crippen LogP contribution in [0.15, 0.2) is 48.5 Å². The quantitative estimate of drug-likeness (QED) is 0.823. The number of aromatic hydroxyl groups is 2. The second-order valence-electron chi connectivity index (χ2n) is 4.56. The van der Waals surface area contributed by atoms with Crippen molar-refractivity contribution in [2.45, 2.75) is 12.3 Å². The molecule has 2 N–H and O–H groups in total. The highest BCUT2D eigenvalue weighted by atomic mass is 32.2. The van der Waals surface area contributed by atoms with Crippen LogP contribution in [0, 0.1) is 10.7 Å². The summed E-state index contributed by atoms with van der Waals surface area (Å²) in [5.41, 5.74) is 2.21. The maximum Gasteiger partial charge on any atom is 0.133 e. The van der Waals surface area contributed by atoms with Crippen molar-refractivity contribution in [2.75, 3.05) is 5.75 Å². The summed E-state index contributed by atoms with van der Waals surface area (Å²) in [4.78, 5) is 0. The van der Waals surface area contributed by atoms with Crippen molar-refractivity contribution in [2.24, 2.45) is 0 Å². The molecule has 3 nitrogen and oxygen atoms in total. The molecule has 0 radical (unpaired) electrons. The van der Waals surface area contributed by atoms with E-state index in [2.05, 4.69) is 5.40 Å². The Hall–Kier alpha value is -2.12. The summed E-state index contributed by atoms with van der Waals surface area (Å²) < 4.78 is 0. The van der Waals surface area contributed by atoms with Gasteiger partial charge in [0.1, 0.15) is 16.9 Å². The van der Waals surface area contributed by atoms with Gasteiger partial charge in [-0.15, -0.1) is 0 Å². The summed E-state index contributed by atoms with van der Waals surface area (Å²) in [5.74, 6) is 1.39. The van der Waals surface area contributed by atoms with Crippen molar-refractivity contribution in [3.8, 4) is 16.9 Å². The first-order valence-corrected chi connectivity index (χ1v) is 7.25. The molecule has 0 spiro atoms. The van der Waals surface area contributed by atoms with Crippen LogP contribution >= 0.6 is 11.8 Å². The first kappa shape index (κ1) is 14.3. The Morgan fingerprint density at radius 1 is 0.950 bits per heavy atom. The average Bonchev–Trinajstić information content (AvgIpc) is 2.46. The smallest absolute Gasteiger partial charge is 0.133 e. The van der Waals surface area contributed by atoms with E-state index in [-0.39, 0.29) is 17.4 Å². The van der Waals surface area contributed by atoms with E-state index in [1.54, 1.807) is 24.3 Å². The van der Waals surface area contributed by atoms with E-state index in [9.17, 15) is 10.2 Å². The van der Waals surface area contributed by atoms with Gasteiger partial charge in [0.2, 0.25) is 0 Å². The SMILES string of the molecule is N#CSC[C@@H](Cc1ccc(O)cc1)c1ccc(O)cc1. The molecule has 0 heterocycles. The number of phenolic OH excluding ortho intramolecular Hbond substituents is 2. The average molecular weight is 285 g/mol. The number of phenols is 2. The molecule has 102 valence electrons. The van der Waals surface area contributed by atoms with Crippen LogP contribution in [0.1, 0.15) is 17.0 Å². The Bertz CT molecular complexity index is 587. The summed E-state index contributed by atoms with van der Waals surface area (Å²) in [6, 6.07) is 14.2. The molecule has 0 aromatic heterocycles. The lowest BCUT2D eigenvalue weighted by Crippen LogP contribution is -2.05. The molecule has 4 heteroatoms. The number of thiocyanates is 1. The van der Waals surface area contributed by atoms with Crippen LogP contribution < -0.4 is 0 Å². The second kappa shape index (κ2) is 6.88. The van der Waals surface area contributed by atoms with Gasteiger partial charge in [0, 0.05) is 5.75 Å². The lowest BCUT2D eigenvalue weighted by molar-refractivity contribution is 0.474. The molecule has 0 saturated carbocycles. The fourth-order valence-electron chi connectivity index (χ4n) is 2.07. The molecule has 0 amide bonds. The third-order valence-corrected chi connectivity index (χ3v) is 3.83. The molecule has 0 saturated heterocycles. The monoisotopic (exact) mass is 285 g/mol. The van der Waals surface area contributed by atoms with Crippen molar-refractivity contribution in [1.82, 2.24) is 0 Å². The van der Waals surface area contributed by atoms with Gasteiger partial charge in [-0.25, -0.2) is 0 Å². The molecular formula is C16H15NO2S. The fraction of sp³-hybridized carbons (Fsp3) is 0.188. The van der Waals surface area contributed by atoms with Gasteiger partial charge in [0.05, 0.1) is 0 Å². The lowest BCUT2D eigenvalue weighted by atomic mass is 9.93. The van der Waals surface area contributed by atoms with Crippen LogP contribution in [0.5, 0.6) is 11.5 Å². The predicted octanol–water partition coefficient (Wildman–Crippen LogP) is 3.64. The topological polar surface area (TPSA) is 64.2 Å². The summed E-state index contributed by atoms with van der Waals surface area (Å²) in [6.07, 6.45) is 0.791. The highest BCUT2D eigenvalue weighted by Gasteiger charge is 2.13. The molecule has 2 aromatic carbocycles. The number of nitriles is 1. The van der Waals surface area contributed by atoms with Crippen LogP contribution in [-0.4, -0.2) is 16.0 Å². The van der Waals surface area contributed by atoms with E-state index in [0.29, 0.717) is 5.75 Å². The normalized spacial score (nSPS) is 11.8. The number of hydrogen-bond donors (Lipinski definition) is 2. The van der Waals surface area contributed by atoms with Gasteiger partial charge in [-0.2, -0.15) is 5.26 Å². The molecule has 0 aliphatic rings. The molecular weight excluding hydrogens is 270 g/mol. The van der Waals surface area contributed by atoms with E-state index in [1.165, 1.54) is 11.8 Å². The molecule has 0 aliphatic carbocycles. The Kier molecular flexibility index (Phi) is 4.91. The number of hydrogen-bond acceptors (Lipinski definition) is 4. The first-order valence-electron chi connectivity index (χ1n) is 6.27. The van der Waals surface area contributed by atoms with E-state index < -0.39 is 0 Å². The third-order valence-electron chi connectivity index (χ3n) is 3.13. The molecule has 20 heavy (non-hydrogen) atoms. The largest absolute Gasteiger partial charge is 0.508 e. The number of benzene rings is 2. The Labute approximate surface area is 122 Å². The van der Waals surface area contributed by atoms with Gasteiger partial charge < -0.3 is 10.2 Å². The van der Waals surface area contributed by atoms with E-state index in [1.807, 2.05) is 24.3 Å². The number of rotatable bonds is 5. The molecule has 0 fully saturated rings. The first-order chi connectivity index (χ1) is 9.69. The van der Waals surface area contributed by atoms with Crippen molar-refractivity contribution in [3.63, 3.8) is 0 Å². The summed E-state index contributed by atoms with van der Waals surface area (Å²) in [7, 11) is 0. The number of thioether (sulfide) groups is 1. The lowest BCUT2D eigenvalue weighted by Gasteiger charge is -2.16. The molecule has 1 atom stereocenters. The minimum absolute atomic E-state index is 0.199. The third kappa shape index (κ3) is 3.94. The standard InChI is InChI=1S/C16H15NO2S/c17-11-20-10-14(13-3-7-16(19)8-4-13)9-12-1-5-15(18)6-2-12/h1-8,14,18-19H,9-10H2/t14-/m1/s1. The van der Waals surface area contributed by atoms with Crippen LogP contribution in [0.4, 0.5) is 0 Å². The zero-order valence-electron chi connectivity index (χ0n) is 10.9. The maximum atomic E-state index is 9.35. The predicted molar refractivity (Wildman–Crippen MR) is 80.7 cm³/mol. The fourth-order valence-corrected chi connectivity index (χ4v) is 2.66. The van der Waals surface area contributed by atoms with E-state index in [0.717, 1.165) is 17.5 Å². The Balaban J connectivity index is 2.17. The minimum atomic E-state index is 0.199. The Morgan fingerprint density at radius 3 is 2.05 bits per heavy atom. The zero-order chi connectivity index (χ0) is 14.4. The maximum absolute atomic E-state index is 9.35. The second-order valence-corrected chi connectivity index (χ2v) is 5.37. The zero-order valence-corrected chi connectivity index (χ0v) is 11.7.